The Kier molecular flexibility index (Phi) is 6.41. The molecule has 8 heteroatoms. The van der Waals surface area contributed by atoms with Gasteiger partial charge in [0, 0.05) is 30.7 Å². The second kappa shape index (κ2) is 8.33. The van der Waals surface area contributed by atoms with Crippen molar-refractivity contribution in [2.75, 3.05) is 25.1 Å². The lowest BCUT2D eigenvalue weighted by Crippen LogP contribution is -2.37. The fraction of sp³-hybridized carbons (Fsp3) is 0.235. The van der Waals surface area contributed by atoms with Crippen LogP contribution in [0.15, 0.2) is 53.4 Å². The summed E-state index contributed by atoms with van der Waals surface area (Å²) in [4.78, 5) is 13.5. The van der Waals surface area contributed by atoms with E-state index in [4.69, 9.17) is 16.3 Å². The van der Waals surface area contributed by atoms with Crippen LogP contribution in [0, 0.1) is 0 Å². The maximum atomic E-state index is 12.2. The molecule has 0 saturated carbocycles. The SMILES string of the molecule is COc1ccc(N(CCNS(=O)(=O)c2ccc(Cl)cc2)C(C)=O)cc1. The molecule has 0 radical (unpaired) electrons. The van der Waals surface area contributed by atoms with Crippen LogP contribution in [-0.4, -0.2) is 34.5 Å². The number of nitrogens with zero attached hydrogens (tertiary/aromatic N) is 1. The molecule has 1 amide bonds. The maximum absolute atomic E-state index is 12.2. The Hall–Kier alpha value is -2.09. The van der Waals surface area contributed by atoms with Gasteiger partial charge in [-0.25, -0.2) is 13.1 Å². The third kappa shape index (κ3) is 5.19. The number of carbonyl (C=O) groups excluding carboxylic acids is 1. The third-order valence-corrected chi connectivity index (χ3v) is 5.24. The van der Waals surface area contributed by atoms with Crippen molar-refractivity contribution in [2.24, 2.45) is 0 Å². The molecule has 2 aromatic carbocycles. The zero-order valence-electron chi connectivity index (χ0n) is 13.9. The normalized spacial score (nSPS) is 11.2. The van der Waals surface area contributed by atoms with Crippen LogP contribution in [0.1, 0.15) is 6.92 Å². The molecule has 0 fully saturated rings. The van der Waals surface area contributed by atoms with Gasteiger partial charge >= 0.3 is 0 Å². The number of hydrogen-bond donors (Lipinski definition) is 1. The Morgan fingerprint density at radius 3 is 2.24 bits per heavy atom. The number of amides is 1. The predicted molar refractivity (Wildman–Crippen MR) is 97.7 cm³/mol. The zero-order valence-corrected chi connectivity index (χ0v) is 15.5. The first-order valence-electron chi connectivity index (χ1n) is 7.51. The number of rotatable bonds is 7. The molecule has 0 aromatic heterocycles. The van der Waals surface area contributed by atoms with Gasteiger partial charge in [0.2, 0.25) is 15.9 Å². The number of ether oxygens (including phenoxy) is 1. The lowest BCUT2D eigenvalue weighted by atomic mass is 10.2. The quantitative estimate of drug-likeness (QED) is 0.798. The van der Waals surface area contributed by atoms with Crippen molar-refractivity contribution in [3.63, 3.8) is 0 Å². The molecule has 1 N–H and O–H groups in total. The Labute approximate surface area is 152 Å². The third-order valence-electron chi connectivity index (χ3n) is 3.52. The molecule has 0 saturated heterocycles. The lowest BCUT2D eigenvalue weighted by molar-refractivity contribution is -0.116. The standard InChI is InChI=1S/C17H19ClN2O4S/c1-13(21)20(15-5-7-16(24-2)8-6-15)12-11-19-25(22,23)17-9-3-14(18)4-10-17/h3-10,19H,11-12H2,1-2H3. The van der Waals surface area contributed by atoms with Crippen molar-refractivity contribution in [3.05, 3.63) is 53.6 Å². The molecule has 2 rings (SSSR count). The number of sulfonamides is 1. The van der Waals surface area contributed by atoms with Crippen LogP contribution in [0.5, 0.6) is 5.75 Å². The summed E-state index contributed by atoms with van der Waals surface area (Å²) in [5.74, 6) is 0.492. The summed E-state index contributed by atoms with van der Waals surface area (Å²) in [7, 11) is -2.10. The van der Waals surface area contributed by atoms with Crippen LogP contribution in [0.2, 0.25) is 5.02 Å². The molecular weight excluding hydrogens is 364 g/mol. The van der Waals surface area contributed by atoms with Crippen LogP contribution in [0.4, 0.5) is 5.69 Å². The predicted octanol–water partition coefficient (Wildman–Crippen LogP) is 2.68. The van der Waals surface area contributed by atoms with Gasteiger partial charge in [-0.3, -0.25) is 4.79 Å². The van der Waals surface area contributed by atoms with E-state index in [1.54, 1.807) is 31.4 Å². The number of halogens is 1. The Morgan fingerprint density at radius 2 is 1.72 bits per heavy atom. The highest BCUT2D eigenvalue weighted by molar-refractivity contribution is 7.89. The van der Waals surface area contributed by atoms with Gasteiger partial charge in [0.05, 0.1) is 12.0 Å². The van der Waals surface area contributed by atoms with E-state index in [2.05, 4.69) is 4.72 Å². The summed E-state index contributed by atoms with van der Waals surface area (Å²) in [5, 5.41) is 0.459. The van der Waals surface area contributed by atoms with Crippen molar-refractivity contribution in [1.82, 2.24) is 4.72 Å². The average Bonchev–Trinajstić information content (AvgIpc) is 2.59. The number of anilines is 1. The van der Waals surface area contributed by atoms with E-state index in [0.717, 1.165) is 0 Å². The van der Waals surface area contributed by atoms with E-state index in [9.17, 15) is 13.2 Å². The van der Waals surface area contributed by atoms with Crippen LogP contribution in [0.25, 0.3) is 0 Å². The van der Waals surface area contributed by atoms with E-state index < -0.39 is 10.0 Å². The Morgan fingerprint density at radius 1 is 1.12 bits per heavy atom. The Balaban J connectivity index is 2.03. The minimum absolute atomic E-state index is 0.0799. The summed E-state index contributed by atoms with van der Waals surface area (Å²) in [6.45, 7) is 1.71. The molecule has 0 unspecified atom stereocenters. The first-order valence-corrected chi connectivity index (χ1v) is 9.37. The second-order valence-electron chi connectivity index (χ2n) is 5.22. The van der Waals surface area contributed by atoms with Crippen LogP contribution >= 0.6 is 11.6 Å². The fourth-order valence-electron chi connectivity index (χ4n) is 2.22. The van der Waals surface area contributed by atoms with Crippen LogP contribution in [-0.2, 0) is 14.8 Å². The molecule has 25 heavy (non-hydrogen) atoms. The van der Waals surface area contributed by atoms with Crippen molar-refractivity contribution in [2.45, 2.75) is 11.8 Å². The molecule has 134 valence electrons. The van der Waals surface area contributed by atoms with E-state index in [1.165, 1.54) is 36.1 Å². The van der Waals surface area contributed by atoms with Gasteiger partial charge in [0.15, 0.2) is 0 Å². The van der Waals surface area contributed by atoms with Gasteiger partial charge in [-0.05, 0) is 48.5 Å². The highest BCUT2D eigenvalue weighted by Crippen LogP contribution is 2.19. The van der Waals surface area contributed by atoms with Crippen LogP contribution < -0.4 is 14.4 Å². The van der Waals surface area contributed by atoms with Gasteiger partial charge in [0.1, 0.15) is 5.75 Å². The van der Waals surface area contributed by atoms with Crippen molar-refractivity contribution in [1.29, 1.82) is 0 Å². The highest BCUT2D eigenvalue weighted by Gasteiger charge is 2.16. The average molecular weight is 383 g/mol. The van der Waals surface area contributed by atoms with Crippen LogP contribution in [0.3, 0.4) is 0 Å². The molecule has 0 heterocycles. The fourth-order valence-corrected chi connectivity index (χ4v) is 3.37. The first kappa shape index (κ1) is 19.2. The minimum atomic E-state index is -3.66. The number of nitrogens with one attached hydrogen (secondary N) is 1. The Bertz CT molecular complexity index is 821. The van der Waals surface area contributed by atoms with E-state index >= 15 is 0 Å². The number of benzene rings is 2. The number of hydrogen-bond acceptors (Lipinski definition) is 4. The molecule has 0 aliphatic carbocycles. The van der Waals surface area contributed by atoms with Gasteiger partial charge in [-0.15, -0.1) is 0 Å². The molecule has 0 aliphatic heterocycles. The second-order valence-corrected chi connectivity index (χ2v) is 7.42. The van der Waals surface area contributed by atoms with Crippen molar-refractivity contribution >= 4 is 33.2 Å². The molecule has 0 atom stereocenters. The van der Waals surface area contributed by atoms with Gasteiger partial charge < -0.3 is 9.64 Å². The molecule has 0 bridgehead atoms. The zero-order chi connectivity index (χ0) is 18.4. The summed E-state index contributed by atoms with van der Waals surface area (Å²) in [6.07, 6.45) is 0. The molecule has 6 nitrogen and oxygen atoms in total. The van der Waals surface area contributed by atoms with E-state index in [1.807, 2.05) is 0 Å². The van der Waals surface area contributed by atoms with Crippen molar-refractivity contribution in [3.8, 4) is 5.75 Å². The monoisotopic (exact) mass is 382 g/mol. The number of methoxy groups -OCH3 is 1. The topological polar surface area (TPSA) is 75.7 Å². The minimum Gasteiger partial charge on any atom is -0.497 e. The smallest absolute Gasteiger partial charge is 0.240 e. The molecular formula is C17H19ClN2O4S. The summed E-state index contributed by atoms with van der Waals surface area (Å²) in [6, 6.07) is 12.8. The number of carbonyl (C=O) groups is 1. The molecule has 0 spiro atoms. The summed E-state index contributed by atoms with van der Waals surface area (Å²) < 4.78 is 32.1. The van der Waals surface area contributed by atoms with Gasteiger partial charge in [0.25, 0.3) is 0 Å². The molecule has 2 aromatic rings. The van der Waals surface area contributed by atoms with Gasteiger partial charge in [-0.2, -0.15) is 0 Å². The van der Waals surface area contributed by atoms with E-state index in [-0.39, 0.29) is 23.9 Å². The van der Waals surface area contributed by atoms with Gasteiger partial charge in [-0.1, -0.05) is 11.6 Å². The maximum Gasteiger partial charge on any atom is 0.240 e. The largest absolute Gasteiger partial charge is 0.497 e. The lowest BCUT2D eigenvalue weighted by Gasteiger charge is -2.21. The first-order chi connectivity index (χ1) is 11.8. The summed E-state index contributed by atoms with van der Waals surface area (Å²) >= 11 is 5.76. The van der Waals surface area contributed by atoms with E-state index in [0.29, 0.717) is 16.5 Å². The highest BCUT2D eigenvalue weighted by atomic mass is 35.5. The van der Waals surface area contributed by atoms with Crippen molar-refractivity contribution < 1.29 is 17.9 Å². The summed E-state index contributed by atoms with van der Waals surface area (Å²) in [5.41, 5.74) is 0.666. The molecule has 0 aliphatic rings.